The predicted octanol–water partition coefficient (Wildman–Crippen LogP) is 3.92. The molecule has 2 heterocycles. The first-order chi connectivity index (χ1) is 12.0. The van der Waals surface area contributed by atoms with Crippen molar-refractivity contribution in [3.63, 3.8) is 0 Å². The summed E-state index contributed by atoms with van der Waals surface area (Å²) in [4.78, 5) is 16.9. The molecule has 0 bridgehead atoms. The van der Waals surface area contributed by atoms with E-state index >= 15 is 0 Å². The van der Waals surface area contributed by atoms with Crippen LogP contribution in [0.15, 0.2) is 28.9 Å². The molecule has 2 atom stereocenters. The number of piperidine rings is 1. The van der Waals surface area contributed by atoms with E-state index in [9.17, 15) is 4.79 Å². The fourth-order valence-corrected chi connectivity index (χ4v) is 3.40. The maximum atomic E-state index is 12.5. The Labute approximate surface area is 149 Å². The van der Waals surface area contributed by atoms with Crippen molar-refractivity contribution in [2.45, 2.75) is 40.0 Å². The van der Waals surface area contributed by atoms with Crippen LogP contribution in [0.3, 0.4) is 0 Å². The summed E-state index contributed by atoms with van der Waals surface area (Å²) in [6.45, 7) is 8.18. The van der Waals surface area contributed by atoms with Crippen LogP contribution < -0.4 is 10.6 Å². The normalized spacial score (nSPS) is 18.8. The average Bonchev–Trinajstić information content (AvgIpc) is 3.04. The number of carbonyl (C=O) groups is 1. The zero-order chi connectivity index (χ0) is 17.8. The van der Waals surface area contributed by atoms with Crippen LogP contribution in [0.5, 0.6) is 0 Å². The van der Waals surface area contributed by atoms with Crippen molar-refractivity contribution in [3.05, 3.63) is 35.7 Å². The highest BCUT2D eigenvalue weighted by molar-refractivity contribution is 5.92. The Kier molecular flexibility index (Phi) is 5.53. The third-order valence-electron chi connectivity index (χ3n) is 5.02. The molecular formula is C20H27N3O2. The standard InChI is InChI=1S/C20H27N3O2/c1-13-6-7-16(20-22-15(3)12-25-20)10-18(13)23-19(24)9-14(2)17-5-4-8-21-11-17/h6-7,10,12,14,17,21H,4-5,8-9,11H2,1-3H3,(H,23,24). The van der Waals surface area contributed by atoms with Crippen LogP contribution in [-0.4, -0.2) is 24.0 Å². The number of carbonyl (C=O) groups excluding carboxylic acids is 1. The van der Waals surface area contributed by atoms with E-state index in [0.29, 0.717) is 24.1 Å². The highest BCUT2D eigenvalue weighted by Gasteiger charge is 2.22. The van der Waals surface area contributed by atoms with E-state index in [0.717, 1.165) is 35.6 Å². The third kappa shape index (κ3) is 4.48. The van der Waals surface area contributed by atoms with Gasteiger partial charge in [-0.15, -0.1) is 0 Å². The fraction of sp³-hybridized carbons (Fsp3) is 0.500. The van der Waals surface area contributed by atoms with Gasteiger partial charge in [-0.1, -0.05) is 13.0 Å². The average molecular weight is 341 g/mol. The monoisotopic (exact) mass is 341 g/mol. The summed E-state index contributed by atoms with van der Waals surface area (Å²) in [6.07, 6.45) is 4.59. The highest BCUT2D eigenvalue weighted by Crippen LogP contribution is 2.27. The number of anilines is 1. The molecule has 2 aromatic rings. The van der Waals surface area contributed by atoms with Gasteiger partial charge in [0.1, 0.15) is 6.26 Å². The molecule has 5 heteroatoms. The minimum absolute atomic E-state index is 0.0712. The van der Waals surface area contributed by atoms with Crippen molar-refractivity contribution >= 4 is 11.6 Å². The lowest BCUT2D eigenvalue weighted by Crippen LogP contribution is -2.34. The molecule has 2 N–H and O–H groups in total. The van der Waals surface area contributed by atoms with E-state index in [1.807, 2.05) is 32.0 Å². The van der Waals surface area contributed by atoms with Gasteiger partial charge in [0.05, 0.1) is 5.69 Å². The molecular weight excluding hydrogens is 314 g/mol. The van der Waals surface area contributed by atoms with Gasteiger partial charge >= 0.3 is 0 Å². The summed E-state index contributed by atoms with van der Waals surface area (Å²) >= 11 is 0. The van der Waals surface area contributed by atoms with Gasteiger partial charge < -0.3 is 15.1 Å². The van der Waals surface area contributed by atoms with Crippen molar-refractivity contribution in [3.8, 4) is 11.5 Å². The topological polar surface area (TPSA) is 67.2 Å². The molecule has 1 aromatic heterocycles. The zero-order valence-electron chi connectivity index (χ0n) is 15.3. The molecule has 0 spiro atoms. The van der Waals surface area contributed by atoms with Crippen LogP contribution in [0.2, 0.25) is 0 Å². The molecule has 1 amide bonds. The first-order valence-electron chi connectivity index (χ1n) is 9.06. The van der Waals surface area contributed by atoms with Crippen LogP contribution in [0.25, 0.3) is 11.5 Å². The second kappa shape index (κ2) is 7.83. The first-order valence-corrected chi connectivity index (χ1v) is 9.06. The van der Waals surface area contributed by atoms with Crippen LogP contribution in [-0.2, 0) is 4.79 Å². The lowest BCUT2D eigenvalue weighted by atomic mass is 9.85. The number of aryl methyl sites for hydroxylation is 2. The number of nitrogens with zero attached hydrogens (tertiary/aromatic N) is 1. The van der Waals surface area contributed by atoms with Gasteiger partial charge in [-0.05, 0) is 69.3 Å². The van der Waals surface area contributed by atoms with Crippen molar-refractivity contribution in [1.82, 2.24) is 10.3 Å². The smallest absolute Gasteiger partial charge is 0.226 e. The molecule has 0 saturated carbocycles. The molecule has 2 unspecified atom stereocenters. The van der Waals surface area contributed by atoms with Gasteiger partial charge in [-0.25, -0.2) is 4.98 Å². The van der Waals surface area contributed by atoms with Gasteiger partial charge in [0.2, 0.25) is 11.8 Å². The SMILES string of the molecule is Cc1coc(-c2ccc(C)c(NC(=O)CC(C)C3CCCNC3)c2)n1. The van der Waals surface area contributed by atoms with E-state index in [1.54, 1.807) is 6.26 Å². The molecule has 1 aliphatic rings. The van der Waals surface area contributed by atoms with Crippen LogP contribution in [0.4, 0.5) is 5.69 Å². The van der Waals surface area contributed by atoms with Gasteiger partial charge in [0.25, 0.3) is 0 Å². The van der Waals surface area contributed by atoms with E-state index in [4.69, 9.17) is 4.42 Å². The summed E-state index contributed by atoms with van der Waals surface area (Å²) in [5.41, 5.74) is 3.58. The largest absolute Gasteiger partial charge is 0.444 e. The Morgan fingerprint density at radius 3 is 2.96 bits per heavy atom. The van der Waals surface area contributed by atoms with Gasteiger partial charge in [0, 0.05) is 17.7 Å². The van der Waals surface area contributed by atoms with Gasteiger partial charge in [0.15, 0.2) is 0 Å². The zero-order valence-corrected chi connectivity index (χ0v) is 15.3. The molecule has 1 saturated heterocycles. The van der Waals surface area contributed by atoms with Crippen molar-refractivity contribution < 1.29 is 9.21 Å². The molecule has 25 heavy (non-hydrogen) atoms. The lowest BCUT2D eigenvalue weighted by molar-refractivity contribution is -0.117. The van der Waals surface area contributed by atoms with E-state index in [2.05, 4.69) is 22.5 Å². The van der Waals surface area contributed by atoms with Crippen molar-refractivity contribution in [2.75, 3.05) is 18.4 Å². The Balaban J connectivity index is 1.66. The summed E-state index contributed by atoms with van der Waals surface area (Å²) in [6, 6.07) is 5.89. The number of aromatic nitrogens is 1. The third-order valence-corrected chi connectivity index (χ3v) is 5.02. The number of benzene rings is 1. The second-order valence-electron chi connectivity index (χ2n) is 7.16. The van der Waals surface area contributed by atoms with Crippen molar-refractivity contribution in [2.24, 2.45) is 11.8 Å². The number of oxazole rings is 1. The minimum Gasteiger partial charge on any atom is -0.444 e. The summed E-state index contributed by atoms with van der Waals surface area (Å²) < 4.78 is 5.46. The quantitative estimate of drug-likeness (QED) is 0.865. The highest BCUT2D eigenvalue weighted by atomic mass is 16.3. The first kappa shape index (κ1) is 17.7. The Morgan fingerprint density at radius 2 is 2.28 bits per heavy atom. The molecule has 1 aromatic carbocycles. The number of hydrogen-bond acceptors (Lipinski definition) is 4. The molecule has 5 nitrogen and oxygen atoms in total. The van der Waals surface area contributed by atoms with E-state index in [-0.39, 0.29) is 5.91 Å². The summed E-state index contributed by atoms with van der Waals surface area (Å²) in [5.74, 6) is 1.62. The molecule has 134 valence electrons. The predicted molar refractivity (Wildman–Crippen MR) is 99.4 cm³/mol. The minimum atomic E-state index is 0.0712. The van der Waals surface area contributed by atoms with Crippen LogP contribution in [0, 0.1) is 25.7 Å². The molecule has 0 radical (unpaired) electrons. The Hall–Kier alpha value is -2.14. The van der Waals surface area contributed by atoms with Crippen molar-refractivity contribution in [1.29, 1.82) is 0 Å². The maximum absolute atomic E-state index is 12.5. The fourth-order valence-electron chi connectivity index (χ4n) is 3.40. The number of nitrogens with one attached hydrogen (secondary N) is 2. The lowest BCUT2D eigenvalue weighted by Gasteiger charge is -2.28. The Bertz CT molecular complexity index is 732. The molecule has 1 fully saturated rings. The van der Waals surface area contributed by atoms with E-state index < -0.39 is 0 Å². The second-order valence-corrected chi connectivity index (χ2v) is 7.16. The van der Waals surface area contributed by atoms with Crippen LogP contribution in [0.1, 0.15) is 37.4 Å². The molecule has 3 rings (SSSR count). The van der Waals surface area contributed by atoms with Crippen LogP contribution >= 0.6 is 0 Å². The summed E-state index contributed by atoms with van der Waals surface area (Å²) in [5, 5.41) is 6.49. The van der Waals surface area contributed by atoms with Gasteiger partial charge in [-0.2, -0.15) is 0 Å². The Morgan fingerprint density at radius 1 is 1.44 bits per heavy atom. The number of hydrogen-bond donors (Lipinski definition) is 2. The molecule has 1 aliphatic heterocycles. The summed E-state index contributed by atoms with van der Waals surface area (Å²) in [7, 11) is 0. The number of rotatable bonds is 5. The van der Waals surface area contributed by atoms with E-state index in [1.165, 1.54) is 12.8 Å². The maximum Gasteiger partial charge on any atom is 0.226 e. The van der Waals surface area contributed by atoms with Gasteiger partial charge in [-0.3, -0.25) is 4.79 Å². The molecule has 0 aliphatic carbocycles. The number of amides is 1.